The van der Waals surface area contributed by atoms with Gasteiger partial charge in [0.25, 0.3) is 5.91 Å². The summed E-state index contributed by atoms with van der Waals surface area (Å²) in [6, 6.07) is 8.02. The first kappa shape index (κ1) is 27.0. The molecule has 1 aliphatic rings. The first-order valence-corrected chi connectivity index (χ1v) is 11.7. The Morgan fingerprint density at radius 1 is 1.24 bits per heavy atom. The van der Waals surface area contributed by atoms with Crippen LogP contribution in [0.2, 0.25) is 5.02 Å². The van der Waals surface area contributed by atoms with E-state index in [-0.39, 0.29) is 17.1 Å². The number of ether oxygens (including phenoxy) is 1. The normalized spacial score (nSPS) is 14.4. The van der Waals surface area contributed by atoms with Gasteiger partial charge in [-0.15, -0.1) is 5.10 Å². The molecule has 1 N–H and O–H groups in total. The zero-order chi connectivity index (χ0) is 27.6. The molecule has 2 aromatic carbocycles. The topological polar surface area (TPSA) is 81.5 Å². The molecule has 1 aromatic heterocycles. The molecule has 200 valence electrons. The number of hydroxylamine groups is 2. The first-order chi connectivity index (χ1) is 18.0. The Kier molecular flexibility index (Phi) is 7.63. The summed E-state index contributed by atoms with van der Waals surface area (Å²) < 4.78 is 59.7. The minimum atomic E-state index is -4.67. The maximum Gasteiger partial charge on any atom is 0.436 e. The summed E-state index contributed by atoms with van der Waals surface area (Å²) in [6.45, 7) is 3.38. The number of carbonyl (C=O) groups is 1. The van der Waals surface area contributed by atoms with Crippen LogP contribution in [-0.2, 0) is 20.5 Å². The SMILES string of the molecule is CCC(C(=O)Nc1ccc(C)c(F)c1)N1C=C(OC)C(c2cc(Cl)ccc2-n2cc(C(F)(F)F)nn2)=CO1. The quantitative estimate of drug-likeness (QED) is 0.369. The zero-order valence-corrected chi connectivity index (χ0v) is 21.1. The van der Waals surface area contributed by atoms with Crippen LogP contribution >= 0.6 is 11.6 Å². The molecule has 8 nitrogen and oxygen atoms in total. The lowest BCUT2D eigenvalue weighted by Crippen LogP contribution is -2.41. The highest BCUT2D eigenvalue weighted by molar-refractivity contribution is 6.30. The molecule has 1 atom stereocenters. The highest BCUT2D eigenvalue weighted by Gasteiger charge is 2.35. The molecule has 1 aliphatic heterocycles. The fourth-order valence-corrected chi connectivity index (χ4v) is 3.89. The van der Waals surface area contributed by atoms with Gasteiger partial charge in [0.05, 0.1) is 30.8 Å². The van der Waals surface area contributed by atoms with E-state index < -0.39 is 29.6 Å². The van der Waals surface area contributed by atoms with Crippen LogP contribution in [0.15, 0.2) is 60.8 Å². The van der Waals surface area contributed by atoms with Crippen molar-refractivity contribution >= 4 is 28.8 Å². The molecule has 0 bridgehead atoms. The fraction of sp³-hybridized carbons (Fsp3) is 0.240. The summed E-state index contributed by atoms with van der Waals surface area (Å²) in [5, 5.41) is 11.0. The Balaban J connectivity index is 1.63. The second-order valence-corrected chi connectivity index (χ2v) is 8.72. The van der Waals surface area contributed by atoms with Gasteiger partial charge in [-0.1, -0.05) is 29.8 Å². The van der Waals surface area contributed by atoms with Gasteiger partial charge in [0, 0.05) is 16.3 Å². The van der Waals surface area contributed by atoms with Crippen molar-refractivity contribution < 1.29 is 31.9 Å². The van der Waals surface area contributed by atoms with E-state index in [1.165, 1.54) is 48.9 Å². The number of hydrogen-bond acceptors (Lipinski definition) is 6. The highest BCUT2D eigenvalue weighted by Crippen LogP contribution is 2.35. The van der Waals surface area contributed by atoms with E-state index in [0.717, 1.165) is 10.9 Å². The number of anilines is 1. The minimum Gasteiger partial charge on any atom is -0.494 e. The van der Waals surface area contributed by atoms with E-state index in [9.17, 15) is 22.4 Å². The molecule has 0 spiro atoms. The summed E-state index contributed by atoms with van der Waals surface area (Å²) in [4.78, 5) is 18.7. The number of halogens is 5. The van der Waals surface area contributed by atoms with Crippen molar-refractivity contribution in [1.29, 1.82) is 0 Å². The van der Waals surface area contributed by atoms with Crippen LogP contribution in [0.4, 0.5) is 23.2 Å². The molecule has 4 rings (SSSR count). The van der Waals surface area contributed by atoms with Crippen LogP contribution < -0.4 is 5.32 Å². The van der Waals surface area contributed by atoms with Crippen LogP contribution in [-0.4, -0.2) is 39.1 Å². The number of nitrogens with one attached hydrogen (secondary N) is 1. The van der Waals surface area contributed by atoms with Gasteiger partial charge in [-0.05, 0) is 49.2 Å². The van der Waals surface area contributed by atoms with Gasteiger partial charge in [-0.25, -0.2) is 14.1 Å². The number of benzene rings is 2. The fourth-order valence-electron chi connectivity index (χ4n) is 3.72. The number of methoxy groups -OCH3 is 1. The third-order valence-corrected chi connectivity index (χ3v) is 5.97. The Labute approximate surface area is 220 Å². The van der Waals surface area contributed by atoms with E-state index >= 15 is 0 Å². The molecule has 1 unspecified atom stereocenters. The van der Waals surface area contributed by atoms with Gasteiger partial charge in [-0.3, -0.25) is 4.79 Å². The van der Waals surface area contributed by atoms with Crippen LogP contribution in [0.3, 0.4) is 0 Å². The predicted molar refractivity (Wildman–Crippen MR) is 131 cm³/mol. The zero-order valence-electron chi connectivity index (χ0n) is 20.4. The van der Waals surface area contributed by atoms with E-state index in [0.29, 0.717) is 28.1 Å². The average Bonchev–Trinajstić information content (AvgIpc) is 3.37. The lowest BCUT2D eigenvalue weighted by Gasteiger charge is -2.31. The number of aromatic nitrogens is 3. The number of carbonyl (C=O) groups excluding carboxylic acids is 1. The molecule has 0 saturated carbocycles. The Morgan fingerprint density at radius 2 is 2.00 bits per heavy atom. The van der Waals surface area contributed by atoms with E-state index in [4.69, 9.17) is 21.2 Å². The minimum absolute atomic E-state index is 0.231. The van der Waals surface area contributed by atoms with Gasteiger partial charge in [0.15, 0.2) is 5.69 Å². The van der Waals surface area contributed by atoms with Gasteiger partial charge in [-0.2, -0.15) is 13.2 Å². The summed E-state index contributed by atoms with van der Waals surface area (Å²) in [7, 11) is 1.39. The first-order valence-electron chi connectivity index (χ1n) is 11.3. The molecule has 2 heterocycles. The number of rotatable bonds is 7. The molecule has 38 heavy (non-hydrogen) atoms. The Morgan fingerprint density at radius 3 is 2.63 bits per heavy atom. The average molecular weight is 552 g/mol. The van der Waals surface area contributed by atoms with Crippen molar-refractivity contribution in [1.82, 2.24) is 20.1 Å². The van der Waals surface area contributed by atoms with Crippen LogP contribution in [0.25, 0.3) is 11.3 Å². The lowest BCUT2D eigenvalue weighted by atomic mass is 10.0. The van der Waals surface area contributed by atoms with E-state index in [2.05, 4.69) is 15.6 Å². The molecule has 0 fully saturated rings. The Bertz CT molecular complexity index is 1420. The van der Waals surface area contributed by atoms with E-state index in [1.807, 2.05) is 0 Å². The van der Waals surface area contributed by atoms with Crippen molar-refractivity contribution in [3.63, 3.8) is 0 Å². The molecular formula is C25H22ClF4N5O3. The van der Waals surface area contributed by atoms with Crippen molar-refractivity contribution in [2.75, 3.05) is 12.4 Å². The van der Waals surface area contributed by atoms with Crippen LogP contribution in [0, 0.1) is 12.7 Å². The molecule has 3 aromatic rings. The summed E-state index contributed by atoms with van der Waals surface area (Å²) in [5.41, 5.74) is 0.481. The van der Waals surface area contributed by atoms with Crippen molar-refractivity contribution in [2.45, 2.75) is 32.5 Å². The second kappa shape index (κ2) is 10.7. The van der Waals surface area contributed by atoms with Gasteiger partial charge in [0.2, 0.25) is 0 Å². The molecule has 1 amide bonds. The monoisotopic (exact) mass is 551 g/mol. The molecule has 0 saturated heterocycles. The summed E-state index contributed by atoms with van der Waals surface area (Å²) in [5.74, 6) is -0.667. The van der Waals surface area contributed by atoms with Crippen LogP contribution in [0.5, 0.6) is 0 Å². The smallest absolute Gasteiger partial charge is 0.436 e. The van der Waals surface area contributed by atoms with Crippen molar-refractivity contribution in [3.05, 3.63) is 88.5 Å². The van der Waals surface area contributed by atoms with Gasteiger partial charge >= 0.3 is 6.18 Å². The number of aryl methyl sites for hydroxylation is 1. The van der Waals surface area contributed by atoms with Gasteiger partial charge < -0.3 is 14.9 Å². The third kappa shape index (κ3) is 5.59. The summed E-state index contributed by atoms with van der Waals surface area (Å²) in [6.07, 6.45) is -0.872. The molecule has 13 heteroatoms. The van der Waals surface area contributed by atoms with E-state index in [1.54, 1.807) is 26.0 Å². The Hall–Kier alpha value is -4.06. The highest BCUT2D eigenvalue weighted by atomic mass is 35.5. The largest absolute Gasteiger partial charge is 0.494 e. The summed E-state index contributed by atoms with van der Waals surface area (Å²) >= 11 is 6.19. The number of nitrogens with zero attached hydrogens (tertiary/aromatic N) is 4. The predicted octanol–water partition coefficient (Wildman–Crippen LogP) is 5.88. The second-order valence-electron chi connectivity index (χ2n) is 8.28. The van der Waals surface area contributed by atoms with Gasteiger partial charge in [0.1, 0.15) is 23.9 Å². The number of allylic oxidation sites excluding steroid dienone is 1. The maximum absolute atomic E-state index is 13.9. The van der Waals surface area contributed by atoms with Crippen molar-refractivity contribution in [3.8, 4) is 5.69 Å². The molecule has 0 radical (unpaired) electrons. The standard InChI is InChI=1S/C25H22ClF4N5O3/c1-4-20(24(36)31-16-7-5-14(2)19(27)10-16)35-11-22(37-3)18(13-38-35)17-9-15(26)6-8-21(17)34-12-23(32-33-34)25(28,29)30/h5-13,20H,4H2,1-3H3,(H,31,36). The molecular weight excluding hydrogens is 530 g/mol. The molecule has 0 aliphatic carbocycles. The number of hydrogen-bond donors (Lipinski definition) is 1. The maximum atomic E-state index is 13.9. The van der Waals surface area contributed by atoms with Crippen LogP contribution in [0.1, 0.15) is 30.2 Å². The van der Waals surface area contributed by atoms with Crippen molar-refractivity contribution in [2.24, 2.45) is 0 Å². The third-order valence-electron chi connectivity index (χ3n) is 5.74. The number of amides is 1. The lowest BCUT2D eigenvalue weighted by molar-refractivity contribution is -0.141. The number of alkyl halides is 3.